The minimum absolute atomic E-state index is 0.0802. The maximum atomic E-state index is 13.0. The van der Waals surface area contributed by atoms with Gasteiger partial charge in [-0.3, -0.25) is 9.59 Å². The molecule has 2 aliphatic heterocycles. The number of fused-ring (bicyclic) bond motifs is 3. The zero-order chi connectivity index (χ0) is 20.4. The van der Waals surface area contributed by atoms with Gasteiger partial charge in [0, 0.05) is 25.5 Å². The molecule has 2 amide bonds. The molecule has 0 saturated carbocycles. The Hall–Kier alpha value is -3.03. The molecule has 150 valence electrons. The zero-order valence-electron chi connectivity index (χ0n) is 16.5. The Kier molecular flexibility index (Phi) is 5.58. The number of methoxy groups -OCH3 is 2. The van der Waals surface area contributed by atoms with E-state index >= 15 is 0 Å². The molecule has 1 atom stereocenters. The molecule has 3 rings (SSSR count). The van der Waals surface area contributed by atoms with Gasteiger partial charge < -0.3 is 24.4 Å². The van der Waals surface area contributed by atoms with Gasteiger partial charge in [0.05, 0.1) is 32.1 Å². The summed E-state index contributed by atoms with van der Waals surface area (Å²) in [6.07, 6.45) is 0.671. The summed E-state index contributed by atoms with van der Waals surface area (Å²) < 4.78 is 16.0. The van der Waals surface area contributed by atoms with E-state index in [4.69, 9.17) is 14.2 Å². The van der Waals surface area contributed by atoms with Crippen molar-refractivity contribution in [1.29, 1.82) is 0 Å². The molecule has 28 heavy (non-hydrogen) atoms. The van der Waals surface area contributed by atoms with Crippen molar-refractivity contribution >= 4 is 23.5 Å². The predicted octanol–water partition coefficient (Wildman–Crippen LogP) is 1.27. The first-order chi connectivity index (χ1) is 13.4. The van der Waals surface area contributed by atoms with Crippen LogP contribution in [0.1, 0.15) is 31.4 Å². The summed E-state index contributed by atoms with van der Waals surface area (Å²) in [5.41, 5.74) is 2.58. The number of rotatable bonds is 5. The average molecular weight is 388 g/mol. The third-order valence-corrected chi connectivity index (χ3v) is 4.90. The van der Waals surface area contributed by atoms with Crippen molar-refractivity contribution in [2.24, 2.45) is 0 Å². The van der Waals surface area contributed by atoms with E-state index in [1.54, 1.807) is 25.0 Å². The Morgan fingerprint density at radius 3 is 2.50 bits per heavy atom. The number of benzene rings is 1. The lowest BCUT2D eigenvalue weighted by Crippen LogP contribution is -2.52. The Bertz CT molecular complexity index is 860. The Morgan fingerprint density at radius 2 is 1.89 bits per heavy atom. The van der Waals surface area contributed by atoms with Gasteiger partial charge in [-0.25, -0.2) is 4.79 Å². The molecule has 0 aliphatic carbocycles. The lowest BCUT2D eigenvalue weighted by molar-refractivity contribution is -0.140. The van der Waals surface area contributed by atoms with Gasteiger partial charge in [0.2, 0.25) is 11.8 Å². The monoisotopic (exact) mass is 388 g/mol. The quantitative estimate of drug-likeness (QED) is 0.764. The third-order valence-electron chi connectivity index (χ3n) is 4.90. The lowest BCUT2D eigenvalue weighted by atomic mass is 9.87. The number of nitrogens with one attached hydrogen (secondary N) is 1. The fourth-order valence-corrected chi connectivity index (χ4v) is 3.72. The summed E-state index contributed by atoms with van der Waals surface area (Å²) in [7, 11) is 3.09. The number of esters is 1. The van der Waals surface area contributed by atoms with Crippen LogP contribution < -0.4 is 14.8 Å². The molecule has 8 heteroatoms. The van der Waals surface area contributed by atoms with E-state index in [1.807, 2.05) is 6.07 Å². The maximum absolute atomic E-state index is 13.0. The average Bonchev–Trinajstić information content (AvgIpc) is 2.68. The van der Waals surface area contributed by atoms with Crippen molar-refractivity contribution in [3.05, 3.63) is 28.8 Å². The fourth-order valence-electron chi connectivity index (χ4n) is 3.72. The molecule has 0 fully saturated rings. The van der Waals surface area contributed by atoms with Crippen LogP contribution in [-0.2, 0) is 25.5 Å². The van der Waals surface area contributed by atoms with E-state index in [2.05, 4.69) is 5.32 Å². The van der Waals surface area contributed by atoms with Crippen LogP contribution in [-0.4, -0.2) is 56.1 Å². The molecular weight excluding hydrogens is 364 g/mol. The van der Waals surface area contributed by atoms with Gasteiger partial charge in [-0.15, -0.1) is 0 Å². The number of carbonyl (C=O) groups excluding carboxylic acids is 3. The Balaban J connectivity index is 2.18. The summed E-state index contributed by atoms with van der Waals surface area (Å²) >= 11 is 0. The number of amides is 2. The zero-order valence-corrected chi connectivity index (χ0v) is 16.5. The first kappa shape index (κ1) is 19.7. The van der Waals surface area contributed by atoms with Crippen molar-refractivity contribution in [1.82, 2.24) is 10.2 Å². The molecule has 1 unspecified atom stereocenters. The van der Waals surface area contributed by atoms with Gasteiger partial charge in [0.15, 0.2) is 11.5 Å². The van der Waals surface area contributed by atoms with Crippen molar-refractivity contribution < 1.29 is 28.6 Å². The smallest absolute Gasteiger partial charge is 0.336 e. The molecular formula is C20H24N2O6. The molecule has 2 heterocycles. The third kappa shape index (κ3) is 3.42. The molecule has 0 aromatic heterocycles. The van der Waals surface area contributed by atoms with Crippen molar-refractivity contribution in [2.75, 3.05) is 27.4 Å². The van der Waals surface area contributed by atoms with E-state index in [0.717, 1.165) is 11.1 Å². The first-order valence-electron chi connectivity index (χ1n) is 9.15. The van der Waals surface area contributed by atoms with E-state index in [0.29, 0.717) is 35.7 Å². The van der Waals surface area contributed by atoms with Crippen molar-refractivity contribution in [3.8, 4) is 11.5 Å². The largest absolute Gasteiger partial charge is 0.493 e. The molecule has 0 radical (unpaired) electrons. The second kappa shape index (κ2) is 7.92. The van der Waals surface area contributed by atoms with Crippen LogP contribution in [0.4, 0.5) is 0 Å². The van der Waals surface area contributed by atoms with Gasteiger partial charge in [-0.05, 0) is 31.0 Å². The number of carbonyl (C=O) groups is 3. The topological polar surface area (TPSA) is 94.2 Å². The highest BCUT2D eigenvalue weighted by molar-refractivity contribution is 6.06. The van der Waals surface area contributed by atoms with Crippen molar-refractivity contribution in [3.63, 3.8) is 0 Å². The number of nitrogens with zero attached hydrogens (tertiary/aromatic N) is 1. The molecule has 8 nitrogen and oxygen atoms in total. The molecule has 0 bridgehead atoms. The molecule has 0 saturated heterocycles. The second-order valence-corrected chi connectivity index (χ2v) is 6.61. The predicted molar refractivity (Wildman–Crippen MR) is 101 cm³/mol. The van der Waals surface area contributed by atoms with Gasteiger partial charge in [0.1, 0.15) is 6.04 Å². The van der Waals surface area contributed by atoms with Crippen LogP contribution in [0.15, 0.2) is 17.7 Å². The van der Waals surface area contributed by atoms with Gasteiger partial charge in [-0.2, -0.15) is 0 Å². The molecule has 1 aromatic rings. The Labute approximate surface area is 163 Å². The van der Waals surface area contributed by atoms with E-state index in [-0.39, 0.29) is 24.8 Å². The summed E-state index contributed by atoms with van der Waals surface area (Å²) in [5, 5.41) is 2.64. The van der Waals surface area contributed by atoms with Crippen molar-refractivity contribution in [2.45, 2.75) is 32.7 Å². The number of hydrogen-bond acceptors (Lipinski definition) is 6. The van der Waals surface area contributed by atoms with Gasteiger partial charge >= 0.3 is 5.97 Å². The fraction of sp³-hybridized carbons (Fsp3) is 0.450. The highest BCUT2D eigenvalue weighted by Gasteiger charge is 2.41. The normalized spacial score (nSPS) is 18.2. The SMILES string of the molecule is CCOC(=O)C1=C2c3cc(OC)c(OC)cc3CCN2C(=O)C(NC(C)=O)C1. The molecule has 1 aromatic carbocycles. The highest BCUT2D eigenvalue weighted by atomic mass is 16.5. The number of hydrogen-bond donors (Lipinski definition) is 1. The van der Waals surface area contributed by atoms with Crippen LogP contribution in [0.25, 0.3) is 5.70 Å². The molecule has 2 aliphatic rings. The van der Waals surface area contributed by atoms with Crippen LogP contribution in [0, 0.1) is 0 Å². The van der Waals surface area contributed by atoms with Crippen LogP contribution in [0.2, 0.25) is 0 Å². The summed E-state index contributed by atoms with van der Waals surface area (Å²) in [5.74, 6) is 0.0435. The van der Waals surface area contributed by atoms with E-state index < -0.39 is 12.0 Å². The molecule has 1 N–H and O–H groups in total. The van der Waals surface area contributed by atoms with E-state index in [9.17, 15) is 14.4 Å². The van der Waals surface area contributed by atoms with Crippen LogP contribution >= 0.6 is 0 Å². The summed E-state index contributed by atoms with van der Waals surface area (Å²) in [4.78, 5) is 38.8. The standard InChI is InChI=1S/C20H24N2O6/c1-5-28-20(25)14-9-15(21-11(2)23)19(24)22-7-6-12-8-16(26-3)17(27-4)10-13(12)18(14)22/h8,10,15H,5-7,9H2,1-4H3,(H,21,23). The minimum Gasteiger partial charge on any atom is -0.493 e. The van der Waals surface area contributed by atoms with Gasteiger partial charge in [0.25, 0.3) is 0 Å². The maximum Gasteiger partial charge on any atom is 0.336 e. The summed E-state index contributed by atoms with van der Waals surface area (Å²) in [6, 6.07) is 2.86. The van der Waals surface area contributed by atoms with Gasteiger partial charge in [-0.1, -0.05) is 0 Å². The van der Waals surface area contributed by atoms with Crippen LogP contribution in [0.3, 0.4) is 0 Å². The first-order valence-corrected chi connectivity index (χ1v) is 9.15. The second-order valence-electron chi connectivity index (χ2n) is 6.61. The lowest BCUT2D eigenvalue weighted by Gasteiger charge is -2.39. The highest BCUT2D eigenvalue weighted by Crippen LogP contribution is 2.41. The Morgan fingerprint density at radius 1 is 1.21 bits per heavy atom. The summed E-state index contributed by atoms with van der Waals surface area (Å²) in [6.45, 7) is 3.69. The van der Waals surface area contributed by atoms with E-state index in [1.165, 1.54) is 14.0 Å². The number of ether oxygens (including phenoxy) is 3. The minimum atomic E-state index is -0.789. The molecule has 0 spiro atoms. The van der Waals surface area contributed by atoms with Crippen LogP contribution in [0.5, 0.6) is 11.5 Å².